The number of hydrogen-bond donors (Lipinski definition) is 2. The lowest BCUT2D eigenvalue weighted by molar-refractivity contribution is 0.110. The van der Waals surface area contributed by atoms with E-state index < -0.39 is 0 Å². The molecule has 0 bridgehead atoms. The van der Waals surface area contributed by atoms with Crippen molar-refractivity contribution in [3.63, 3.8) is 0 Å². The fourth-order valence-electron chi connectivity index (χ4n) is 3.64. The van der Waals surface area contributed by atoms with Gasteiger partial charge >= 0.3 is 12.1 Å². The van der Waals surface area contributed by atoms with Gasteiger partial charge in [-0.2, -0.15) is 0 Å². The number of carbonyl (C=O) groups excluding carboxylic acids is 2. The Kier molecular flexibility index (Phi) is 6.33. The van der Waals surface area contributed by atoms with Crippen molar-refractivity contribution in [3.8, 4) is 0 Å². The summed E-state index contributed by atoms with van der Waals surface area (Å²) in [7, 11) is 1.39. The van der Waals surface area contributed by atoms with E-state index in [0.29, 0.717) is 19.6 Å². The number of rotatable bonds is 4. The summed E-state index contributed by atoms with van der Waals surface area (Å²) in [6.45, 7) is 4.70. The highest BCUT2D eigenvalue weighted by molar-refractivity contribution is 5.74. The molecular weight excluding hydrogens is 332 g/mol. The normalized spacial score (nSPS) is 18.1. The van der Waals surface area contributed by atoms with Crippen LogP contribution in [0.25, 0.3) is 0 Å². The third-order valence-corrected chi connectivity index (χ3v) is 5.19. The molecular formula is C19H28N4O3. The zero-order valence-corrected chi connectivity index (χ0v) is 15.4. The summed E-state index contributed by atoms with van der Waals surface area (Å²) in [6, 6.07) is 8.54. The van der Waals surface area contributed by atoms with Gasteiger partial charge in [-0.05, 0) is 30.4 Å². The van der Waals surface area contributed by atoms with Gasteiger partial charge in [0.2, 0.25) is 0 Å². The molecule has 1 saturated heterocycles. The van der Waals surface area contributed by atoms with Gasteiger partial charge in [0.25, 0.3) is 0 Å². The van der Waals surface area contributed by atoms with Gasteiger partial charge < -0.3 is 20.3 Å². The van der Waals surface area contributed by atoms with Gasteiger partial charge in [-0.3, -0.25) is 4.90 Å². The molecule has 0 atom stereocenters. The number of nitrogens with one attached hydrogen (secondary N) is 2. The van der Waals surface area contributed by atoms with Crippen LogP contribution in [0.2, 0.25) is 0 Å². The zero-order chi connectivity index (χ0) is 18.4. The number of methoxy groups -OCH3 is 1. The minimum absolute atomic E-state index is 0.109. The Morgan fingerprint density at radius 3 is 2.62 bits per heavy atom. The first-order chi connectivity index (χ1) is 12.7. The largest absolute Gasteiger partial charge is 0.453 e. The molecule has 1 aromatic rings. The molecule has 3 rings (SSSR count). The number of amides is 3. The highest BCUT2D eigenvalue weighted by atomic mass is 16.5. The number of piperidine rings is 1. The SMILES string of the molecule is COC(=O)N1CCC(NC(=O)NCCN2CCc3ccccc3C2)CC1. The van der Waals surface area contributed by atoms with Crippen LogP contribution in [-0.4, -0.2) is 67.8 Å². The Morgan fingerprint density at radius 2 is 1.88 bits per heavy atom. The number of likely N-dealkylation sites (tertiary alicyclic amines) is 1. The second-order valence-corrected chi connectivity index (χ2v) is 6.93. The van der Waals surface area contributed by atoms with Crippen molar-refractivity contribution in [1.29, 1.82) is 0 Å². The van der Waals surface area contributed by atoms with Crippen LogP contribution in [0.15, 0.2) is 24.3 Å². The fraction of sp³-hybridized carbons (Fsp3) is 0.579. The first-order valence-electron chi connectivity index (χ1n) is 9.32. The van der Waals surface area contributed by atoms with Crippen LogP contribution in [-0.2, 0) is 17.7 Å². The molecule has 0 aromatic heterocycles. The van der Waals surface area contributed by atoms with Crippen molar-refractivity contribution in [2.75, 3.05) is 39.8 Å². The molecule has 1 aromatic carbocycles. The number of fused-ring (bicyclic) bond motifs is 1. The molecule has 2 aliphatic rings. The van der Waals surface area contributed by atoms with Gasteiger partial charge in [-0.15, -0.1) is 0 Å². The Morgan fingerprint density at radius 1 is 1.15 bits per heavy atom. The van der Waals surface area contributed by atoms with E-state index in [1.807, 2.05) is 0 Å². The van der Waals surface area contributed by atoms with Gasteiger partial charge in [-0.1, -0.05) is 24.3 Å². The number of benzene rings is 1. The molecule has 0 aliphatic carbocycles. The Hall–Kier alpha value is -2.28. The van der Waals surface area contributed by atoms with Crippen molar-refractivity contribution in [2.24, 2.45) is 0 Å². The summed E-state index contributed by atoms with van der Waals surface area (Å²) in [6.07, 6.45) is 2.29. The lowest BCUT2D eigenvalue weighted by atomic mass is 10.00. The molecule has 0 spiro atoms. The number of hydrogen-bond acceptors (Lipinski definition) is 4. The number of carbonyl (C=O) groups is 2. The van der Waals surface area contributed by atoms with E-state index in [9.17, 15) is 9.59 Å². The predicted octanol–water partition coefficient (Wildman–Crippen LogP) is 1.57. The van der Waals surface area contributed by atoms with Crippen molar-refractivity contribution in [3.05, 3.63) is 35.4 Å². The summed E-state index contributed by atoms with van der Waals surface area (Å²) in [5, 5.41) is 5.95. The molecule has 2 N–H and O–H groups in total. The molecule has 26 heavy (non-hydrogen) atoms. The van der Waals surface area contributed by atoms with Gasteiger partial charge in [0.05, 0.1) is 7.11 Å². The Bertz CT molecular complexity index is 629. The average molecular weight is 360 g/mol. The van der Waals surface area contributed by atoms with Crippen molar-refractivity contribution >= 4 is 12.1 Å². The summed E-state index contributed by atoms with van der Waals surface area (Å²) in [5.74, 6) is 0. The monoisotopic (exact) mass is 360 g/mol. The van der Waals surface area contributed by atoms with E-state index in [4.69, 9.17) is 4.74 Å². The maximum Gasteiger partial charge on any atom is 0.409 e. The summed E-state index contributed by atoms with van der Waals surface area (Å²) in [5.41, 5.74) is 2.83. The molecule has 142 valence electrons. The first kappa shape index (κ1) is 18.5. The van der Waals surface area contributed by atoms with Crippen LogP contribution in [0.3, 0.4) is 0 Å². The standard InChI is InChI=1S/C19H28N4O3/c1-26-19(25)23-11-7-17(8-12-23)21-18(24)20-9-13-22-10-6-15-4-2-3-5-16(15)14-22/h2-5,17H,6-14H2,1H3,(H2,20,21,24). The van der Waals surface area contributed by atoms with E-state index in [0.717, 1.165) is 38.9 Å². The lowest BCUT2D eigenvalue weighted by Crippen LogP contribution is -2.50. The van der Waals surface area contributed by atoms with Gasteiger partial charge in [0.1, 0.15) is 0 Å². The molecule has 0 radical (unpaired) electrons. The van der Waals surface area contributed by atoms with E-state index in [2.05, 4.69) is 39.8 Å². The number of ether oxygens (including phenoxy) is 1. The van der Waals surface area contributed by atoms with Crippen molar-refractivity contribution in [1.82, 2.24) is 20.4 Å². The van der Waals surface area contributed by atoms with Crippen LogP contribution < -0.4 is 10.6 Å². The molecule has 7 heteroatoms. The zero-order valence-electron chi connectivity index (χ0n) is 15.4. The quantitative estimate of drug-likeness (QED) is 0.855. The third kappa shape index (κ3) is 4.88. The summed E-state index contributed by atoms with van der Waals surface area (Å²) < 4.78 is 4.72. The Labute approximate surface area is 154 Å². The molecule has 0 unspecified atom stereocenters. The van der Waals surface area contributed by atoms with E-state index in [-0.39, 0.29) is 18.2 Å². The summed E-state index contributed by atoms with van der Waals surface area (Å²) in [4.78, 5) is 27.6. The van der Waals surface area contributed by atoms with Gasteiger partial charge in [0.15, 0.2) is 0 Å². The average Bonchev–Trinajstić information content (AvgIpc) is 2.68. The lowest BCUT2D eigenvalue weighted by Gasteiger charge is -2.31. The van der Waals surface area contributed by atoms with Crippen molar-refractivity contribution < 1.29 is 14.3 Å². The van der Waals surface area contributed by atoms with E-state index in [1.165, 1.54) is 18.2 Å². The highest BCUT2D eigenvalue weighted by Crippen LogP contribution is 2.17. The predicted molar refractivity (Wildman–Crippen MR) is 99.0 cm³/mol. The number of urea groups is 1. The van der Waals surface area contributed by atoms with E-state index >= 15 is 0 Å². The molecule has 1 fully saturated rings. The topological polar surface area (TPSA) is 73.9 Å². The molecule has 7 nitrogen and oxygen atoms in total. The third-order valence-electron chi connectivity index (χ3n) is 5.19. The second-order valence-electron chi connectivity index (χ2n) is 6.93. The fourth-order valence-corrected chi connectivity index (χ4v) is 3.64. The second kappa shape index (κ2) is 8.89. The van der Waals surface area contributed by atoms with Crippen molar-refractivity contribution in [2.45, 2.75) is 31.8 Å². The van der Waals surface area contributed by atoms with Crippen LogP contribution in [0.4, 0.5) is 9.59 Å². The maximum absolute atomic E-state index is 12.1. The van der Waals surface area contributed by atoms with Gasteiger partial charge in [0, 0.05) is 45.3 Å². The van der Waals surface area contributed by atoms with E-state index in [1.54, 1.807) is 4.90 Å². The van der Waals surface area contributed by atoms with Crippen LogP contribution in [0, 0.1) is 0 Å². The minimum Gasteiger partial charge on any atom is -0.453 e. The number of nitrogens with zero attached hydrogens (tertiary/aromatic N) is 2. The molecule has 3 amide bonds. The highest BCUT2D eigenvalue weighted by Gasteiger charge is 2.24. The smallest absolute Gasteiger partial charge is 0.409 e. The maximum atomic E-state index is 12.1. The summed E-state index contributed by atoms with van der Waals surface area (Å²) >= 11 is 0. The minimum atomic E-state index is -0.295. The van der Waals surface area contributed by atoms with Crippen LogP contribution in [0.1, 0.15) is 24.0 Å². The molecule has 0 saturated carbocycles. The van der Waals surface area contributed by atoms with Crippen LogP contribution >= 0.6 is 0 Å². The molecule has 2 heterocycles. The first-order valence-corrected chi connectivity index (χ1v) is 9.32. The Balaban J connectivity index is 1.32. The molecule has 2 aliphatic heterocycles. The van der Waals surface area contributed by atoms with Crippen LogP contribution in [0.5, 0.6) is 0 Å². The van der Waals surface area contributed by atoms with Gasteiger partial charge in [-0.25, -0.2) is 9.59 Å².